The van der Waals surface area contributed by atoms with E-state index in [4.69, 9.17) is 26.1 Å². The number of fused-ring (bicyclic) bond motifs is 3. The lowest BCUT2D eigenvalue weighted by Crippen LogP contribution is -2.37. The minimum Gasteiger partial charge on any atom is -0.444 e. The Kier molecular flexibility index (Phi) is 10.5. The Hall–Kier alpha value is -4.20. The van der Waals surface area contributed by atoms with Gasteiger partial charge in [0.15, 0.2) is 0 Å². The van der Waals surface area contributed by atoms with Crippen molar-refractivity contribution in [1.29, 1.82) is 0 Å². The fourth-order valence-corrected chi connectivity index (χ4v) is 5.54. The number of aryl methyl sites for hydroxylation is 1. The van der Waals surface area contributed by atoms with E-state index >= 15 is 0 Å². The van der Waals surface area contributed by atoms with Crippen molar-refractivity contribution in [3.05, 3.63) is 101 Å². The van der Waals surface area contributed by atoms with Crippen LogP contribution >= 0.6 is 11.6 Å². The Balaban J connectivity index is 1.12. The molecule has 8 heteroatoms. The van der Waals surface area contributed by atoms with Gasteiger partial charge in [0.2, 0.25) is 0 Å². The van der Waals surface area contributed by atoms with Crippen molar-refractivity contribution in [3.8, 4) is 11.1 Å². The predicted molar refractivity (Wildman–Crippen MR) is 184 cm³/mol. The Morgan fingerprint density at radius 3 is 2.51 bits per heavy atom. The van der Waals surface area contributed by atoms with Gasteiger partial charge in [-0.1, -0.05) is 66.2 Å². The summed E-state index contributed by atoms with van der Waals surface area (Å²) in [5.74, 6) is 0.857. The molecule has 2 heterocycles. The number of hydrogen-bond donors (Lipinski definition) is 1. The average molecular weight is 625 g/mol. The van der Waals surface area contributed by atoms with Crippen molar-refractivity contribution in [2.75, 3.05) is 31.6 Å². The molecule has 5 aromatic rings. The summed E-state index contributed by atoms with van der Waals surface area (Å²) in [5, 5.41) is 7.39. The minimum absolute atomic E-state index is 0.351. The fourth-order valence-electron chi connectivity index (χ4n) is 5.22. The molecule has 1 amide bonds. The maximum absolute atomic E-state index is 13.1. The maximum Gasteiger partial charge on any atom is 0.410 e. The van der Waals surface area contributed by atoms with E-state index < -0.39 is 5.60 Å². The number of carbonyl (C=O) groups excluding carboxylic acids is 1. The van der Waals surface area contributed by atoms with Gasteiger partial charge in [-0.15, -0.1) is 0 Å². The first-order chi connectivity index (χ1) is 21.7. The number of aromatic nitrogens is 2. The van der Waals surface area contributed by atoms with Crippen LogP contribution in [0.2, 0.25) is 5.02 Å². The first-order valence-electron chi connectivity index (χ1n) is 15.5. The van der Waals surface area contributed by atoms with Crippen LogP contribution in [0.25, 0.3) is 32.8 Å². The second kappa shape index (κ2) is 14.7. The largest absolute Gasteiger partial charge is 0.444 e. The number of benzene rings is 3. The Bertz CT molecular complexity index is 1750. The van der Waals surface area contributed by atoms with Crippen LogP contribution in [0.1, 0.15) is 44.7 Å². The number of rotatable bonds is 12. The van der Waals surface area contributed by atoms with E-state index in [0.717, 1.165) is 57.1 Å². The maximum atomic E-state index is 13.1. The van der Waals surface area contributed by atoms with Crippen molar-refractivity contribution >= 4 is 45.2 Å². The second-order valence-corrected chi connectivity index (χ2v) is 12.6. The van der Waals surface area contributed by atoms with E-state index in [0.29, 0.717) is 37.7 Å². The highest BCUT2D eigenvalue weighted by Crippen LogP contribution is 2.30. The van der Waals surface area contributed by atoms with E-state index in [1.54, 1.807) is 11.1 Å². The summed E-state index contributed by atoms with van der Waals surface area (Å²) in [6.45, 7) is 10.5. The van der Waals surface area contributed by atoms with Crippen molar-refractivity contribution in [1.82, 2.24) is 14.9 Å². The predicted octanol–water partition coefficient (Wildman–Crippen LogP) is 9.06. The molecule has 2 aromatic heterocycles. The molecule has 0 saturated carbocycles. The third-order valence-corrected chi connectivity index (χ3v) is 7.68. The fraction of sp³-hybridized carbons (Fsp3) is 0.324. The number of anilines is 1. The van der Waals surface area contributed by atoms with Gasteiger partial charge in [-0.3, -0.25) is 4.98 Å². The molecule has 0 fully saturated rings. The van der Waals surface area contributed by atoms with Gasteiger partial charge in [-0.05, 0) is 75.4 Å². The summed E-state index contributed by atoms with van der Waals surface area (Å²) in [7, 11) is 0. The molecular weight excluding hydrogens is 584 g/mol. The molecule has 0 unspecified atom stereocenters. The van der Waals surface area contributed by atoms with Crippen LogP contribution in [0.3, 0.4) is 0 Å². The molecular formula is C37H41ClN4O3. The first-order valence-corrected chi connectivity index (χ1v) is 15.8. The average Bonchev–Trinajstić information content (AvgIpc) is 3.01. The topological polar surface area (TPSA) is 76.6 Å². The first kappa shape index (κ1) is 32.2. The Morgan fingerprint density at radius 1 is 0.933 bits per heavy atom. The number of nitrogens with zero attached hydrogens (tertiary/aromatic N) is 3. The molecule has 234 valence electrons. The number of carbonyl (C=O) groups is 1. The highest BCUT2D eigenvalue weighted by atomic mass is 35.5. The molecule has 5 rings (SSSR count). The number of pyridine rings is 2. The molecule has 0 bridgehead atoms. The molecule has 0 radical (unpaired) electrons. The van der Waals surface area contributed by atoms with Crippen LogP contribution in [0, 0.1) is 6.92 Å². The lowest BCUT2D eigenvalue weighted by Gasteiger charge is -2.27. The SMILES string of the molecule is Cc1ccc2c(c1)nc(NCCCOCCCN(Cc1ccc(-c3ccccc3)c(Cl)c1)C(=O)OC(C)(C)C)c1ccncc12. The molecule has 0 aliphatic heterocycles. The van der Waals surface area contributed by atoms with Gasteiger partial charge >= 0.3 is 6.09 Å². The molecule has 0 aliphatic carbocycles. The summed E-state index contributed by atoms with van der Waals surface area (Å²) >= 11 is 6.65. The third-order valence-electron chi connectivity index (χ3n) is 7.37. The second-order valence-electron chi connectivity index (χ2n) is 12.2. The van der Waals surface area contributed by atoms with Crippen LogP contribution in [-0.4, -0.2) is 52.9 Å². The van der Waals surface area contributed by atoms with E-state index in [-0.39, 0.29) is 6.09 Å². The molecule has 0 saturated heterocycles. The van der Waals surface area contributed by atoms with E-state index in [2.05, 4.69) is 35.4 Å². The molecule has 3 aromatic carbocycles. The summed E-state index contributed by atoms with van der Waals surface area (Å²) < 4.78 is 11.6. The number of hydrogen-bond acceptors (Lipinski definition) is 6. The number of nitrogens with one attached hydrogen (secondary N) is 1. The molecule has 0 aliphatic rings. The summed E-state index contributed by atoms with van der Waals surface area (Å²) in [5.41, 5.74) is 4.50. The molecule has 0 atom stereocenters. The lowest BCUT2D eigenvalue weighted by atomic mass is 10.0. The summed E-state index contributed by atoms with van der Waals surface area (Å²) in [6.07, 6.45) is 4.86. The molecule has 7 nitrogen and oxygen atoms in total. The standard InChI is InChI=1S/C37H41ClN4O3/c1-26-12-14-30-32-24-39-18-16-31(32)35(41-34(30)22-26)40-17-8-20-44-21-9-19-42(36(43)45-37(2,3)4)25-27-13-15-29(33(38)23-27)28-10-6-5-7-11-28/h5-7,10-16,18,22-24H,8-9,17,19-21,25H2,1-4H3,(H,40,41). The van der Waals surface area contributed by atoms with E-state index in [1.165, 1.54) is 5.56 Å². The van der Waals surface area contributed by atoms with E-state index in [9.17, 15) is 4.79 Å². The summed E-state index contributed by atoms with van der Waals surface area (Å²) in [6, 6.07) is 24.3. The van der Waals surface area contributed by atoms with Gasteiger partial charge in [0.05, 0.1) is 5.52 Å². The lowest BCUT2D eigenvalue weighted by molar-refractivity contribution is 0.0211. The smallest absolute Gasteiger partial charge is 0.410 e. The number of amides is 1. The van der Waals surface area contributed by atoms with Gasteiger partial charge < -0.3 is 19.7 Å². The molecule has 1 N–H and O–H groups in total. The van der Waals surface area contributed by atoms with E-state index in [1.807, 2.05) is 81.6 Å². The van der Waals surface area contributed by atoms with Crippen molar-refractivity contribution in [2.45, 2.75) is 52.7 Å². The zero-order valence-corrected chi connectivity index (χ0v) is 27.2. The monoisotopic (exact) mass is 624 g/mol. The van der Waals surface area contributed by atoms with Crippen molar-refractivity contribution in [3.63, 3.8) is 0 Å². The van der Waals surface area contributed by atoms with Crippen LogP contribution in [0.15, 0.2) is 85.2 Å². The van der Waals surface area contributed by atoms with Gasteiger partial charge in [-0.2, -0.15) is 0 Å². The van der Waals surface area contributed by atoms with Crippen molar-refractivity contribution in [2.24, 2.45) is 0 Å². The highest BCUT2D eigenvalue weighted by Gasteiger charge is 2.22. The number of halogens is 1. The normalized spacial score (nSPS) is 11.6. The number of ether oxygens (including phenoxy) is 2. The Labute approximate surface area is 270 Å². The van der Waals surface area contributed by atoms with Gasteiger partial charge in [0.1, 0.15) is 11.4 Å². The zero-order chi connectivity index (χ0) is 31.8. The van der Waals surface area contributed by atoms with Crippen LogP contribution in [0.4, 0.5) is 10.6 Å². The van der Waals surface area contributed by atoms with Gasteiger partial charge in [-0.25, -0.2) is 9.78 Å². The Morgan fingerprint density at radius 2 is 1.73 bits per heavy atom. The third kappa shape index (κ3) is 8.71. The molecule has 45 heavy (non-hydrogen) atoms. The van der Waals surface area contributed by atoms with Crippen LogP contribution in [0.5, 0.6) is 0 Å². The zero-order valence-electron chi connectivity index (χ0n) is 26.5. The summed E-state index contributed by atoms with van der Waals surface area (Å²) in [4.78, 5) is 24.0. The van der Waals surface area contributed by atoms with Crippen LogP contribution < -0.4 is 5.32 Å². The van der Waals surface area contributed by atoms with Crippen molar-refractivity contribution < 1.29 is 14.3 Å². The van der Waals surface area contributed by atoms with Gasteiger partial charge in [0, 0.05) is 72.0 Å². The van der Waals surface area contributed by atoms with Crippen LogP contribution in [-0.2, 0) is 16.0 Å². The quantitative estimate of drug-likeness (QED) is 0.110. The minimum atomic E-state index is -0.589. The highest BCUT2D eigenvalue weighted by molar-refractivity contribution is 6.33. The molecule has 0 spiro atoms. The van der Waals surface area contributed by atoms with Gasteiger partial charge in [0.25, 0.3) is 0 Å².